The van der Waals surface area contributed by atoms with Crippen molar-refractivity contribution >= 4 is 21.6 Å². The van der Waals surface area contributed by atoms with Crippen molar-refractivity contribution in [1.29, 1.82) is 0 Å². The molecule has 1 atom stereocenters. The largest absolute Gasteiger partial charge is 0.404 e. The Balaban J connectivity index is 2.52. The van der Waals surface area contributed by atoms with Crippen LogP contribution >= 0.6 is 0 Å². The van der Waals surface area contributed by atoms with E-state index in [-0.39, 0.29) is 22.9 Å². The second-order valence-electron chi connectivity index (χ2n) is 6.28. The van der Waals surface area contributed by atoms with Gasteiger partial charge in [0, 0.05) is 18.3 Å². The van der Waals surface area contributed by atoms with E-state index in [1.54, 1.807) is 5.32 Å². The van der Waals surface area contributed by atoms with Crippen LogP contribution in [0.4, 0.5) is 45.2 Å². The van der Waals surface area contributed by atoms with Gasteiger partial charge in [-0.3, -0.25) is 4.79 Å². The van der Waals surface area contributed by atoms with Crippen LogP contribution in [0.2, 0.25) is 0 Å². The fourth-order valence-corrected chi connectivity index (χ4v) is 3.70. The van der Waals surface area contributed by atoms with Gasteiger partial charge < -0.3 is 9.88 Å². The van der Waals surface area contributed by atoms with Crippen molar-refractivity contribution in [1.82, 2.24) is 9.29 Å². The van der Waals surface area contributed by atoms with Crippen molar-refractivity contribution in [2.75, 3.05) is 5.32 Å². The maximum atomic E-state index is 14.7. The first-order valence-corrected chi connectivity index (χ1v) is 9.74. The van der Waals surface area contributed by atoms with Crippen LogP contribution < -0.4 is 10.0 Å². The molecule has 2 N–H and O–H groups in total. The molecule has 0 aliphatic carbocycles. The van der Waals surface area contributed by atoms with Crippen LogP contribution in [-0.2, 0) is 16.6 Å². The molecule has 178 valence electrons. The molecule has 2 aromatic rings. The minimum atomic E-state index is -5.31. The molecule has 1 heterocycles. The molecule has 0 fully saturated rings. The monoisotopic (exact) mass is 497 g/mol. The number of carbonyl (C=O) groups is 1. The smallest absolute Gasteiger partial charge is 0.334 e. The first-order valence-electron chi connectivity index (χ1n) is 8.26. The fraction of sp³-hybridized carbons (Fsp3) is 0.312. The van der Waals surface area contributed by atoms with Gasteiger partial charge in [0.1, 0.15) is 22.4 Å². The third-order valence-electron chi connectivity index (χ3n) is 3.90. The van der Waals surface area contributed by atoms with Gasteiger partial charge in [-0.15, -0.1) is 0 Å². The minimum Gasteiger partial charge on any atom is -0.334 e. The molecule has 0 radical (unpaired) electrons. The molecule has 6 nitrogen and oxygen atoms in total. The number of anilines is 1. The summed E-state index contributed by atoms with van der Waals surface area (Å²) in [5.41, 5.74) is -2.49. The number of halogens is 9. The number of benzene rings is 1. The van der Waals surface area contributed by atoms with E-state index in [9.17, 15) is 52.7 Å². The molecular weight excluding hydrogens is 485 g/mol. The van der Waals surface area contributed by atoms with Gasteiger partial charge in [0.05, 0.1) is 12.2 Å². The third-order valence-corrected chi connectivity index (χ3v) is 5.43. The average molecular weight is 497 g/mol. The Bertz CT molecular complexity index is 1130. The topological polar surface area (TPSA) is 80.2 Å². The summed E-state index contributed by atoms with van der Waals surface area (Å²) < 4.78 is 144. The number of nitrogens with zero attached hydrogens (tertiary/aromatic N) is 1. The predicted octanol–water partition coefficient (Wildman–Crippen LogP) is 3.79. The molecule has 1 aromatic heterocycles. The zero-order chi connectivity index (χ0) is 24.6. The molecule has 1 amide bonds. The molecule has 16 heteroatoms. The van der Waals surface area contributed by atoms with E-state index in [1.165, 1.54) is 0 Å². The zero-order valence-corrected chi connectivity index (χ0v) is 16.4. The van der Waals surface area contributed by atoms with Crippen molar-refractivity contribution in [3.8, 4) is 0 Å². The number of aromatic nitrogens is 1. The zero-order valence-electron chi connectivity index (χ0n) is 15.6. The van der Waals surface area contributed by atoms with Crippen LogP contribution in [0.15, 0.2) is 23.2 Å². The summed E-state index contributed by atoms with van der Waals surface area (Å²) in [5.74, 6) is -8.63. The summed E-state index contributed by atoms with van der Waals surface area (Å²) in [6.07, 6.45) is -8.23. The molecule has 0 bridgehead atoms. The van der Waals surface area contributed by atoms with E-state index >= 15 is 0 Å². The number of nitrogens with one attached hydrogen (secondary N) is 2. The number of amides is 1. The Labute approximate surface area is 174 Å². The minimum absolute atomic E-state index is 0.0117. The lowest BCUT2D eigenvalue weighted by atomic mass is 10.2. The molecule has 0 unspecified atom stereocenters. The van der Waals surface area contributed by atoms with Gasteiger partial charge in [0.2, 0.25) is 10.0 Å². The third kappa shape index (κ3) is 5.53. The number of carbonyl (C=O) groups excluding carboxylic acids is 1. The Hall–Kier alpha value is -2.75. The van der Waals surface area contributed by atoms with Gasteiger partial charge in [-0.1, -0.05) is 0 Å². The van der Waals surface area contributed by atoms with Crippen molar-refractivity contribution in [2.24, 2.45) is 0 Å². The fourth-order valence-electron chi connectivity index (χ4n) is 2.38. The Morgan fingerprint density at radius 3 is 2.16 bits per heavy atom. The van der Waals surface area contributed by atoms with Gasteiger partial charge in [-0.2, -0.15) is 17.9 Å². The number of hydrogen-bond donors (Lipinski definition) is 2. The number of hydrogen-bond acceptors (Lipinski definition) is 3. The normalized spacial score (nSPS) is 13.5. The maximum absolute atomic E-state index is 14.7. The van der Waals surface area contributed by atoms with Gasteiger partial charge in [-0.05, 0) is 6.92 Å². The lowest BCUT2D eigenvalue weighted by Gasteiger charge is -2.16. The quantitative estimate of drug-likeness (QED) is 0.452. The Morgan fingerprint density at radius 1 is 1.06 bits per heavy atom. The highest BCUT2D eigenvalue weighted by atomic mass is 32.2. The summed E-state index contributed by atoms with van der Waals surface area (Å²) >= 11 is 0. The SMILES string of the molecule is C[C@@H](NS(=O)(=O)c1cn(CC(F)F)c(C(=O)Nc2cc(F)c(F)cc2F)c1F)C(F)(F)F. The Kier molecular flexibility index (Phi) is 7.18. The van der Waals surface area contributed by atoms with Crippen LogP contribution in [0.1, 0.15) is 17.4 Å². The highest BCUT2D eigenvalue weighted by Crippen LogP contribution is 2.27. The molecule has 0 aliphatic heterocycles. The molecule has 0 saturated carbocycles. The van der Waals surface area contributed by atoms with E-state index in [1.807, 2.05) is 0 Å². The summed E-state index contributed by atoms with van der Waals surface area (Å²) in [5, 5.41) is 1.56. The van der Waals surface area contributed by atoms with E-state index in [0.717, 1.165) is 4.72 Å². The summed E-state index contributed by atoms with van der Waals surface area (Å²) in [7, 11) is -5.31. The molecule has 0 spiro atoms. The van der Waals surface area contributed by atoms with Crippen LogP contribution in [0, 0.1) is 23.3 Å². The van der Waals surface area contributed by atoms with Crippen molar-refractivity contribution in [3.05, 3.63) is 47.3 Å². The number of alkyl halides is 5. The summed E-state index contributed by atoms with van der Waals surface area (Å²) in [6.45, 7) is -1.10. The lowest BCUT2D eigenvalue weighted by molar-refractivity contribution is -0.147. The molecule has 0 aliphatic rings. The van der Waals surface area contributed by atoms with E-state index < -0.39 is 80.7 Å². The highest BCUT2D eigenvalue weighted by molar-refractivity contribution is 7.89. The maximum Gasteiger partial charge on any atom is 0.404 e. The number of rotatable bonds is 7. The standard InChI is InChI=1S/C16H12F9N3O3S/c1-6(16(23,24)25)27-32(30,31)11-4-28(5-12(20)21)14(13(11)22)15(29)26-10-3-8(18)7(17)2-9(10)19/h2-4,6,12,27H,5H2,1H3,(H,26,29)/t6-/m1/s1. The van der Waals surface area contributed by atoms with Crippen LogP contribution in [-0.4, -0.2) is 37.5 Å². The first-order chi connectivity index (χ1) is 14.5. The van der Waals surface area contributed by atoms with Gasteiger partial charge in [0.25, 0.3) is 12.3 Å². The number of sulfonamides is 1. The van der Waals surface area contributed by atoms with Gasteiger partial charge >= 0.3 is 6.18 Å². The van der Waals surface area contributed by atoms with Crippen molar-refractivity contribution < 1.29 is 52.7 Å². The van der Waals surface area contributed by atoms with Crippen LogP contribution in [0.5, 0.6) is 0 Å². The van der Waals surface area contributed by atoms with E-state index in [0.29, 0.717) is 6.92 Å². The molecule has 32 heavy (non-hydrogen) atoms. The second-order valence-corrected chi connectivity index (χ2v) is 7.97. The van der Waals surface area contributed by atoms with Gasteiger partial charge in [-0.25, -0.2) is 34.8 Å². The van der Waals surface area contributed by atoms with Crippen molar-refractivity contribution in [2.45, 2.75) is 37.0 Å². The summed E-state index contributed by atoms with van der Waals surface area (Å²) in [4.78, 5) is 10.7. The Morgan fingerprint density at radius 2 is 1.62 bits per heavy atom. The predicted molar refractivity (Wildman–Crippen MR) is 90.5 cm³/mol. The molecule has 0 saturated heterocycles. The molecular formula is C16H12F9N3O3S. The molecule has 1 aromatic carbocycles. The highest BCUT2D eigenvalue weighted by Gasteiger charge is 2.40. The van der Waals surface area contributed by atoms with Crippen LogP contribution in [0.3, 0.4) is 0 Å². The lowest BCUT2D eigenvalue weighted by Crippen LogP contribution is -2.43. The first kappa shape index (κ1) is 25.5. The van der Waals surface area contributed by atoms with E-state index in [4.69, 9.17) is 0 Å². The van der Waals surface area contributed by atoms with E-state index in [2.05, 4.69) is 0 Å². The van der Waals surface area contributed by atoms with Crippen LogP contribution in [0.25, 0.3) is 0 Å². The van der Waals surface area contributed by atoms with Crippen molar-refractivity contribution in [3.63, 3.8) is 0 Å². The second kappa shape index (κ2) is 9.01. The average Bonchev–Trinajstić information content (AvgIpc) is 2.94. The summed E-state index contributed by atoms with van der Waals surface area (Å²) in [6, 6.07) is -2.55. The molecule has 2 rings (SSSR count). The van der Waals surface area contributed by atoms with Gasteiger partial charge in [0.15, 0.2) is 17.5 Å².